The van der Waals surface area contributed by atoms with Crippen molar-refractivity contribution in [3.05, 3.63) is 41.9 Å². The molecule has 146 valence electrons. The third-order valence-corrected chi connectivity index (χ3v) is 5.05. The maximum atomic E-state index is 12.4. The van der Waals surface area contributed by atoms with Gasteiger partial charge in [-0.25, -0.2) is 9.97 Å². The largest absolute Gasteiger partial charge is 0.353 e. The van der Waals surface area contributed by atoms with E-state index in [9.17, 15) is 4.79 Å². The number of carbonyl (C=O) groups is 1. The first-order chi connectivity index (χ1) is 13.5. The van der Waals surface area contributed by atoms with E-state index >= 15 is 0 Å². The Kier molecular flexibility index (Phi) is 4.95. The highest BCUT2D eigenvalue weighted by Crippen LogP contribution is 2.23. The number of nitrogens with one attached hydrogen (secondary N) is 1. The van der Waals surface area contributed by atoms with Crippen molar-refractivity contribution in [2.45, 2.75) is 13.8 Å². The van der Waals surface area contributed by atoms with Gasteiger partial charge in [-0.2, -0.15) is 5.10 Å². The van der Waals surface area contributed by atoms with Gasteiger partial charge in [-0.3, -0.25) is 14.4 Å². The van der Waals surface area contributed by atoms with Gasteiger partial charge in [0.2, 0.25) is 5.91 Å². The highest BCUT2D eigenvalue weighted by atomic mass is 16.2. The van der Waals surface area contributed by atoms with Crippen LogP contribution in [0, 0.1) is 13.8 Å². The Balaban J connectivity index is 1.35. The monoisotopic (exact) mass is 379 g/mol. The third kappa shape index (κ3) is 3.82. The van der Waals surface area contributed by atoms with Gasteiger partial charge >= 0.3 is 0 Å². The first-order valence-corrected chi connectivity index (χ1v) is 9.48. The minimum absolute atomic E-state index is 0.0233. The SMILES string of the molecule is Cc1cc(C)cc(NC(=O)CN2CCN(c3ncnc4c3cnn4C)CC2)c1. The molecule has 0 spiro atoms. The summed E-state index contributed by atoms with van der Waals surface area (Å²) in [5, 5.41) is 8.26. The number of aryl methyl sites for hydroxylation is 3. The van der Waals surface area contributed by atoms with E-state index in [1.165, 1.54) is 0 Å². The van der Waals surface area contributed by atoms with Gasteiger partial charge in [0.05, 0.1) is 18.1 Å². The lowest BCUT2D eigenvalue weighted by Gasteiger charge is -2.35. The Hall–Kier alpha value is -3.00. The quantitative estimate of drug-likeness (QED) is 0.744. The molecule has 1 aromatic carbocycles. The number of benzene rings is 1. The lowest BCUT2D eigenvalue weighted by molar-refractivity contribution is -0.117. The van der Waals surface area contributed by atoms with E-state index in [-0.39, 0.29) is 5.91 Å². The van der Waals surface area contributed by atoms with Crippen molar-refractivity contribution in [2.75, 3.05) is 42.9 Å². The van der Waals surface area contributed by atoms with Gasteiger partial charge in [-0.1, -0.05) is 6.07 Å². The van der Waals surface area contributed by atoms with Gasteiger partial charge < -0.3 is 10.2 Å². The predicted molar refractivity (Wildman–Crippen MR) is 110 cm³/mol. The fourth-order valence-corrected chi connectivity index (χ4v) is 3.77. The van der Waals surface area contributed by atoms with Crippen molar-refractivity contribution < 1.29 is 4.79 Å². The molecule has 0 bridgehead atoms. The summed E-state index contributed by atoms with van der Waals surface area (Å²) in [4.78, 5) is 25.6. The zero-order chi connectivity index (χ0) is 19.7. The highest BCUT2D eigenvalue weighted by Gasteiger charge is 2.22. The molecule has 0 unspecified atom stereocenters. The second-order valence-corrected chi connectivity index (χ2v) is 7.39. The molecular weight excluding hydrogens is 354 g/mol. The van der Waals surface area contributed by atoms with Crippen LogP contribution in [-0.2, 0) is 11.8 Å². The van der Waals surface area contributed by atoms with Crippen LogP contribution >= 0.6 is 0 Å². The molecule has 0 aliphatic carbocycles. The molecule has 3 aromatic rings. The normalized spacial score (nSPS) is 15.2. The molecule has 1 N–H and O–H groups in total. The Labute approximate surface area is 164 Å². The molecule has 1 aliphatic heterocycles. The van der Waals surface area contributed by atoms with Crippen LogP contribution in [0.2, 0.25) is 0 Å². The molecule has 0 saturated carbocycles. The number of carbonyl (C=O) groups excluding carboxylic acids is 1. The molecule has 1 saturated heterocycles. The summed E-state index contributed by atoms with van der Waals surface area (Å²) in [6.07, 6.45) is 3.40. The van der Waals surface area contributed by atoms with Crippen molar-refractivity contribution in [1.29, 1.82) is 0 Å². The van der Waals surface area contributed by atoms with Gasteiger partial charge in [-0.05, 0) is 37.1 Å². The fraction of sp³-hybridized carbons (Fsp3) is 0.400. The summed E-state index contributed by atoms with van der Waals surface area (Å²) in [7, 11) is 1.88. The summed E-state index contributed by atoms with van der Waals surface area (Å²) < 4.78 is 1.76. The number of hydrogen-bond acceptors (Lipinski definition) is 6. The average molecular weight is 379 g/mol. The second kappa shape index (κ2) is 7.55. The first kappa shape index (κ1) is 18.4. The van der Waals surface area contributed by atoms with Crippen molar-refractivity contribution in [3.63, 3.8) is 0 Å². The smallest absolute Gasteiger partial charge is 0.238 e. The zero-order valence-electron chi connectivity index (χ0n) is 16.5. The number of piperazine rings is 1. The Morgan fingerprint density at radius 2 is 1.79 bits per heavy atom. The number of anilines is 2. The van der Waals surface area contributed by atoms with Crippen molar-refractivity contribution in [2.24, 2.45) is 7.05 Å². The van der Waals surface area contributed by atoms with E-state index in [0.29, 0.717) is 6.54 Å². The third-order valence-electron chi connectivity index (χ3n) is 5.05. The number of aromatic nitrogens is 4. The number of rotatable bonds is 4. The van der Waals surface area contributed by atoms with E-state index in [1.54, 1.807) is 11.0 Å². The minimum Gasteiger partial charge on any atom is -0.353 e. The summed E-state index contributed by atoms with van der Waals surface area (Å²) >= 11 is 0. The number of fused-ring (bicyclic) bond motifs is 1. The van der Waals surface area contributed by atoms with E-state index < -0.39 is 0 Å². The molecule has 28 heavy (non-hydrogen) atoms. The molecule has 1 aliphatic rings. The number of nitrogens with zero attached hydrogens (tertiary/aromatic N) is 6. The topological polar surface area (TPSA) is 79.2 Å². The van der Waals surface area contributed by atoms with Crippen LogP contribution in [-0.4, -0.2) is 63.3 Å². The van der Waals surface area contributed by atoms with Crippen LogP contribution in [0.4, 0.5) is 11.5 Å². The van der Waals surface area contributed by atoms with Crippen LogP contribution < -0.4 is 10.2 Å². The second-order valence-electron chi connectivity index (χ2n) is 7.39. The number of hydrogen-bond donors (Lipinski definition) is 1. The van der Waals surface area contributed by atoms with Gasteiger partial charge in [0.1, 0.15) is 12.1 Å². The minimum atomic E-state index is 0.0233. The van der Waals surface area contributed by atoms with Gasteiger partial charge in [0, 0.05) is 38.9 Å². The molecule has 3 heterocycles. The molecule has 8 nitrogen and oxygen atoms in total. The highest BCUT2D eigenvalue weighted by molar-refractivity contribution is 5.92. The van der Waals surface area contributed by atoms with Crippen molar-refractivity contribution in [1.82, 2.24) is 24.6 Å². The zero-order valence-corrected chi connectivity index (χ0v) is 16.5. The van der Waals surface area contributed by atoms with Crippen LogP contribution in [0.1, 0.15) is 11.1 Å². The molecule has 2 aromatic heterocycles. The molecule has 0 radical (unpaired) electrons. The Morgan fingerprint density at radius 1 is 1.07 bits per heavy atom. The Morgan fingerprint density at radius 3 is 2.50 bits per heavy atom. The average Bonchev–Trinajstić information content (AvgIpc) is 3.03. The summed E-state index contributed by atoms with van der Waals surface area (Å²) in [6, 6.07) is 6.09. The first-order valence-electron chi connectivity index (χ1n) is 9.48. The van der Waals surface area contributed by atoms with Crippen LogP contribution in [0.3, 0.4) is 0 Å². The van der Waals surface area contributed by atoms with Crippen LogP contribution in [0.25, 0.3) is 11.0 Å². The summed E-state index contributed by atoms with van der Waals surface area (Å²) in [6.45, 7) is 7.73. The Bertz CT molecular complexity index is 985. The van der Waals surface area contributed by atoms with E-state index in [2.05, 4.69) is 36.2 Å². The van der Waals surface area contributed by atoms with E-state index in [0.717, 1.165) is 59.8 Å². The van der Waals surface area contributed by atoms with Crippen LogP contribution in [0.5, 0.6) is 0 Å². The van der Waals surface area contributed by atoms with E-state index in [1.807, 2.05) is 39.2 Å². The molecule has 0 atom stereocenters. The van der Waals surface area contributed by atoms with E-state index in [4.69, 9.17) is 0 Å². The van der Waals surface area contributed by atoms with Crippen molar-refractivity contribution in [3.8, 4) is 0 Å². The molecule has 8 heteroatoms. The maximum Gasteiger partial charge on any atom is 0.238 e. The fourth-order valence-electron chi connectivity index (χ4n) is 3.77. The van der Waals surface area contributed by atoms with Gasteiger partial charge in [0.15, 0.2) is 5.65 Å². The van der Waals surface area contributed by atoms with Gasteiger partial charge in [0.25, 0.3) is 0 Å². The van der Waals surface area contributed by atoms with Gasteiger partial charge in [-0.15, -0.1) is 0 Å². The van der Waals surface area contributed by atoms with Crippen LogP contribution in [0.15, 0.2) is 30.7 Å². The lowest BCUT2D eigenvalue weighted by atomic mass is 10.1. The summed E-state index contributed by atoms with van der Waals surface area (Å²) in [5.74, 6) is 0.938. The molecule has 4 rings (SSSR count). The number of amides is 1. The summed E-state index contributed by atoms with van der Waals surface area (Å²) in [5.41, 5.74) is 3.99. The maximum absolute atomic E-state index is 12.4. The van der Waals surface area contributed by atoms with Crippen molar-refractivity contribution >= 4 is 28.4 Å². The molecular formula is C20H25N7O. The molecule has 1 fully saturated rings. The standard InChI is InChI=1S/C20H25N7O/c1-14-8-15(2)10-16(9-14)24-18(28)12-26-4-6-27(7-5-26)20-17-11-23-25(3)19(17)21-13-22-20/h8-11,13H,4-7,12H2,1-3H3,(H,24,28). The molecule has 1 amide bonds. The lowest BCUT2D eigenvalue weighted by Crippen LogP contribution is -2.49. The predicted octanol–water partition coefficient (Wildman–Crippen LogP) is 1.74.